The van der Waals surface area contributed by atoms with Gasteiger partial charge in [0, 0.05) is 7.05 Å². The van der Waals surface area contributed by atoms with Crippen molar-refractivity contribution in [2.45, 2.75) is 0 Å². The van der Waals surface area contributed by atoms with Crippen LogP contribution in [0.1, 0.15) is 15.9 Å². The predicted octanol–water partition coefficient (Wildman–Crippen LogP) is 3.32. The summed E-state index contributed by atoms with van der Waals surface area (Å²) in [6.45, 7) is 0. The highest BCUT2D eigenvalue weighted by Gasteiger charge is 2.30. The van der Waals surface area contributed by atoms with E-state index in [0.717, 1.165) is 5.56 Å². The number of hydrogen-bond donors (Lipinski definition) is 2. The second kappa shape index (κ2) is 6.82. The molecule has 0 saturated carbocycles. The fraction of sp³-hybridized carbons (Fsp3) is 0.0556. The molecule has 2 N–H and O–H groups in total. The zero-order valence-electron chi connectivity index (χ0n) is 13.2. The molecule has 1 heterocycles. The first-order valence-electron chi connectivity index (χ1n) is 7.33. The van der Waals surface area contributed by atoms with Gasteiger partial charge in [-0.25, -0.2) is 9.79 Å². The Kier molecular flexibility index (Phi) is 4.58. The second-order valence-electron chi connectivity index (χ2n) is 5.32. The van der Waals surface area contributed by atoms with Crippen molar-refractivity contribution in [3.8, 4) is 5.75 Å². The Balaban J connectivity index is 1.86. The van der Waals surface area contributed by atoms with Gasteiger partial charge in [0.15, 0.2) is 5.17 Å². The van der Waals surface area contributed by atoms with Gasteiger partial charge in [0.1, 0.15) is 5.75 Å². The molecule has 2 aromatic rings. The third-order valence-corrected chi connectivity index (χ3v) is 4.57. The van der Waals surface area contributed by atoms with E-state index < -0.39 is 5.97 Å². The fourth-order valence-corrected chi connectivity index (χ4v) is 3.19. The van der Waals surface area contributed by atoms with E-state index in [1.165, 1.54) is 28.8 Å². The molecule has 7 heteroatoms. The summed E-state index contributed by atoms with van der Waals surface area (Å²) in [6, 6.07) is 12.7. The number of rotatable bonds is 3. The zero-order chi connectivity index (χ0) is 18.0. The number of amides is 1. The summed E-state index contributed by atoms with van der Waals surface area (Å²) in [5.74, 6) is -1.06. The maximum absolute atomic E-state index is 12.4. The normalized spacial score (nSPS) is 17.5. The summed E-state index contributed by atoms with van der Waals surface area (Å²) in [4.78, 5) is 29.6. The van der Waals surface area contributed by atoms with Crippen LogP contribution < -0.4 is 0 Å². The SMILES string of the molecule is CN1C(=O)/C(=C\c2cccc(O)c2)SC1=Nc1ccc(C(=O)O)cc1. The number of likely N-dealkylation sites (N-methyl/N-ethyl adjacent to an activating group) is 1. The van der Waals surface area contributed by atoms with Gasteiger partial charge < -0.3 is 10.2 Å². The Labute approximate surface area is 148 Å². The number of carbonyl (C=O) groups is 2. The molecule has 126 valence electrons. The first-order valence-corrected chi connectivity index (χ1v) is 8.14. The van der Waals surface area contributed by atoms with E-state index in [-0.39, 0.29) is 17.2 Å². The number of carboxylic acids is 1. The van der Waals surface area contributed by atoms with Crippen LogP contribution in [-0.2, 0) is 4.79 Å². The molecular formula is C18H14N2O4S. The maximum atomic E-state index is 12.4. The molecule has 1 fully saturated rings. The summed E-state index contributed by atoms with van der Waals surface area (Å²) >= 11 is 1.22. The molecule has 1 aliphatic heterocycles. The van der Waals surface area contributed by atoms with Crippen molar-refractivity contribution >= 4 is 40.6 Å². The maximum Gasteiger partial charge on any atom is 0.335 e. The van der Waals surface area contributed by atoms with Crippen LogP contribution in [0.2, 0.25) is 0 Å². The van der Waals surface area contributed by atoms with Crippen molar-refractivity contribution in [2.24, 2.45) is 4.99 Å². The van der Waals surface area contributed by atoms with E-state index in [9.17, 15) is 14.7 Å². The number of phenols is 1. The lowest BCUT2D eigenvalue weighted by Gasteiger charge is -2.07. The fourth-order valence-electron chi connectivity index (χ4n) is 2.21. The highest BCUT2D eigenvalue weighted by atomic mass is 32.2. The molecule has 1 amide bonds. The number of phenolic OH excluding ortho intramolecular Hbond substituents is 1. The molecule has 0 spiro atoms. The summed E-state index contributed by atoms with van der Waals surface area (Å²) in [6.07, 6.45) is 1.69. The Morgan fingerprint density at radius 3 is 2.56 bits per heavy atom. The average molecular weight is 354 g/mol. The van der Waals surface area contributed by atoms with Gasteiger partial charge in [-0.3, -0.25) is 9.69 Å². The molecule has 1 saturated heterocycles. The Hall–Kier alpha value is -3.06. The van der Waals surface area contributed by atoms with Crippen LogP contribution in [0.4, 0.5) is 5.69 Å². The number of aromatic carboxylic acids is 1. The predicted molar refractivity (Wildman–Crippen MR) is 96.9 cm³/mol. The summed E-state index contributed by atoms with van der Waals surface area (Å²) < 4.78 is 0. The smallest absolute Gasteiger partial charge is 0.335 e. The molecule has 0 unspecified atom stereocenters. The van der Waals surface area contributed by atoms with Crippen molar-refractivity contribution in [3.63, 3.8) is 0 Å². The molecule has 1 aliphatic rings. The summed E-state index contributed by atoms with van der Waals surface area (Å²) in [5.41, 5.74) is 1.46. The third-order valence-electron chi connectivity index (χ3n) is 3.51. The van der Waals surface area contributed by atoms with Gasteiger partial charge in [0.25, 0.3) is 5.91 Å². The minimum Gasteiger partial charge on any atom is -0.508 e. The van der Waals surface area contributed by atoms with Crippen molar-refractivity contribution < 1.29 is 19.8 Å². The van der Waals surface area contributed by atoms with E-state index in [4.69, 9.17) is 5.11 Å². The van der Waals surface area contributed by atoms with Gasteiger partial charge >= 0.3 is 5.97 Å². The van der Waals surface area contributed by atoms with Crippen LogP contribution in [0.25, 0.3) is 6.08 Å². The molecule has 0 atom stereocenters. The highest BCUT2D eigenvalue weighted by molar-refractivity contribution is 8.18. The van der Waals surface area contributed by atoms with Gasteiger partial charge in [-0.15, -0.1) is 0 Å². The first kappa shape index (κ1) is 16.8. The first-order chi connectivity index (χ1) is 11.9. The Bertz CT molecular complexity index is 904. The minimum absolute atomic E-state index is 0.130. The van der Waals surface area contributed by atoms with Crippen LogP contribution in [0.3, 0.4) is 0 Å². The molecule has 0 bridgehead atoms. The van der Waals surface area contributed by atoms with Crippen molar-refractivity contribution in [2.75, 3.05) is 7.05 Å². The number of carboxylic acid groups (broad SMARTS) is 1. The molecule has 2 aromatic carbocycles. The lowest BCUT2D eigenvalue weighted by Crippen LogP contribution is -2.23. The monoisotopic (exact) mass is 354 g/mol. The molecule has 3 rings (SSSR count). The van der Waals surface area contributed by atoms with Crippen LogP contribution >= 0.6 is 11.8 Å². The van der Waals surface area contributed by atoms with Gasteiger partial charge in [-0.2, -0.15) is 0 Å². The highest BCUT2D eigenvalue weighted by Crippen LogP contribution is 2.33. The molecule has 0 aliphatic carbocycles. The van der Waals surface area contributed by atoms with Crippen molar-refractivity contribution in [3.05, 3.63) is 64.6 Å². The number of amidine groups is 1. The van der Waals surface area contributed by atoms with E-state index in [2.05, 4.69) is 4.99 Å². The summed E-state index contributed by atoms with van der Waals surface area (Å²) in [5, 5.41) is 18.9. The largest absolute Gasteiger partial charge is 0.508 e. The number of aliphatic imine (C=N–C) groups is 1. The van der Waals surface area contributed by atoms with Crippen LogP contribution in [0.5, 0.6) is 5.75 Å². The quantitative estimate of drug-likeness (QED) is 0.825. The standard InChI is InChI=1S/C18H14N2O4S/c1-20-16(22)15(10-11-3-2-4-14(21)9-11)25-18(20)19-13-7-5-12(6-8-13)17(23)24/h2-10,21H,1H3,(H,23,24)/b15-10+,19-18?. The summed E-state index contributed by atoms with van der Waals surface area (Å²) in [7, 11) is 1.63. The van der Waals surface area contributed by atoms with Gasteiger partial charge in [-0.05, 0) is 59.8 Å². The van der Waals surface area contributed by atoms with Gasteiger partial charge in [0.05, 0.1) is 16.2 Å². The number of carbonyl (C=O) groups excluding carboxylic acids is 1. The molecule has 25 heavy (non-hydrogen) atoms. The minimum atomic E-state index is -1.00. The van der Waals surface area contributed by atoms with Crippen LogP contribution in [-0.4, -0.2) is 39.2 Å². The molecule has 6 nitrogen and oxygen atoms in total. The van der Waals surface area contributed by atoms with Gasteiger partial charge in [-0.1, -0.05) is 12.1 Å². The number of aromatic hydroxyl groups is 1. The topological polar surface area (TPSA) is 90.2 Å². The van der Waals surface area contributed by atoms with E-state index in [0.29, 0.717) is 15.8 Å². The Morgan fingerprint density at radius 1 is 1.20 bits per heavy atom. The number of benzene rings is 2. The molecule has 0 radical (unpaired) electrons. The average Bonchev–Trinajstić information content (AvgIpc) is 2.83. The lowest BCUT2D eigenvalue weighted by atomic mass is 10.2. The van der Waals surface area contributed by atoms with Crippen molar-refractivity contribution in [1.82, 2.24) is 4.90 Å². The van der Waals surface area contributed by atoms with Crippen LogP contribution in [0, 0.1) is 0 Å². The number of nitrogens with zero attached hydrogens (tertiary/aromatic N) is 2. The van der Waals surface area contributed by atoms with E-state index in [1.54, 1.807) is 49.5 Å². The molecule has 0 aromatic heterocycles. The number of hydrogen-bond acceptors (Lipinski definition) is 5. The lowest BCUT2D eigenvalue weighted by molar-refractivity contribution is -0.121. The molecular weight excluding hydrogens is 340 g/mol. The van der Waals surface area contributed by atoms with E-state index in [1.807, 2.05) is 0 Å². The van der Waals surface area contributed by atoms with Crippen LogP contribution in [0.15, 0.2) is 58.4 Å². The van der Waals surface area contributed by atoms with Gasteiger partial charge in [0.2, 0.25) is 0 Å². The zero-order valence-corrected chi connectivity index (χ0v) is 14.0. The van der Waals surface area contributed by atoms with Crippen molar-refractivity contribution in [1.29, 1.82) is 0 Å². The van der Waals surface area contributed by atoms with E-state index >= 15 is 0 Å². The number of thioether (sulfide) groups is 1. The second-order valence-corrected chi connectivity index (χ2v) is 6.33. The third kappa shape index (κ3) is 3.72. The Morgan fingerprint density at radius 2 is 1.92 bits per heavy atom.